The first-order valence-electron chi connectivity index (χ1n) is 6.62. The Labute approximate surface area is 127 Å². The fourth-order valence-electron chi connectivity index (χ4n) is 2.24. The van der Waals surface area contributed by atoms with Crippen molar-refractivity contribution < 1.29 is 18.1 Å². The molecule has 8 nitrogen and oxygen atoms in total. The fourth-order valence-corrected chi connectivity index (χ4v) is 4.10. The number of nitrogens with zero attached hydrogens (tertiary/aromatic N) is 2. The highest BCUT2D eigenvalue weighted by atomic mass is 32.2. The van der Waals surface area contributed by atoms with Gasteiger partial charge in [-0.3, -0.25) is 14.9 Å². The van der Waals surface area contributed by atoms with Crippen molar-refractivity contribution in [1.82, 2.24) is 5.43 Å². The quantitative estimate of drug-likeness (QED) is 0.489. The highest BCUT2D eigenvalue weighted by Crippen LogP contribution is 2.21. The minimum absolute atomic E-state index is 0.0367. The summed E-state index contributed by atoms with van der Waals surface area (Å²) in [4.78, 5) is 21.8. The van der Waals surface area contributed by atoms with E-state index in [1.54, 1.807) is 6.07 Å². The Hall–Kier alpha value is -2.29. The number of nitrogens with one attached hydrogen (secondary N) is 1. The van der Waals surface area contributed by atoms with Crippen molar-refractivity contribution >= 4 is 27.6 Å². The third-order valence-electron chi connectivity index (χ3n) is 3.28. The number of benzene rings is 1. The lowest BCUT2D eigenvalue weighted by Gasteiger charge is -2.05. The molecule has 1 saturated heterocycles. The standard InChI is InChI=1S/C13H15N3O5S/c17-13(7-11-4-5-22(20,21)9-11)15-14-8-10-2-1-3-12(6-10)16(18)19/h1-3,6,8,11H,4-5,7,9H2,(H,15,17). The van der Waals surface area contributed by atoms with Crippen molar-refractivity contribution in [2.24, 2.45) is 11.0 Å². The molecular formula is C13H15N3O5S. The van der Waals surface area contributed by atoms with Crippen molar-refractivity contribution in [3.63, 3.8) is 0 Å². The van der Waals surface area contributed by atoms with Crippen LogP contribution in [-0.4, -0.2) is 37.0 Å². The summed E-state index contributed by atoms with van der Waals surface area (Å²) in [7, 11) is -3.00. The molecule has 0 radical (unpaired) electrons. The van der Waals surface area contributed by atoms with Crippen LogP contribution in [0.4, 0.5) is 5.69 Å². The van der Waals surface area contributed by atoms with Crippen LogP contribution in [0.15, 0.2) is 29.4 Å². The summed E-state index contributed by atoms with van der Waals surface area (Å²) in [6.07, 6.45) is 1.89. The summed E-state index contributed by atoms with van der Waals surface area (Å²) in [6.45, 7) is 0. The molecule has 1 fully saturated rings. The van der Waals surface area contributed by atoms with Crippen LogP contribution in [-0.2, 0) is 14.6 Å². The van der Waals surface area contributed by atoms with Crippen molar-refractivity contribution in [3.05, 3.63) is 39.9 Å². The fraction of sp³-hybridized carbons (Fsp3) is 0.385. The molecule has 1 unspecified atom stereocenters. The van der Waals surface area contributed by atoms with Gasteiger partial charge in [0.05, 0.1) is 22.6 Å². The molecule has 1 aromatic rings. The van der Waals surface area contributed by atoms with E-state index >= 15 is 0 Å². The predicted octanol–water partition coefficient (Wildman–Crippen LogP) is 0.870. The minimum Gasteiger partial charge on any atom is -0.273 e. The summed E-state index contributed by atoms with van der Waals surface area (Å²) in [5.41, 5.74) is 2.72. The van der Waals surface area contributed by atoms with Gasteiger partial charge in [-0.2, -0.15) is 5.10 Å². The van der Waals surface area contributed by atoms with Gasteiger partial charge in [-0.25, -0.2) is 13.8 Å². The predicted molar refractivity (Wildman–Crippen MR) is 80.2 cm³/mol. The topological polar surface area (TPSA) is 119 Å². The van der Waals surface area contributed by atoms with E-state index in [0.29, 0.717) is 12.0 Å². The molecule has 1 amide bonds. The van der Waals surface area contributed by atoms with Crippen LogP contribution in [0.25, 0.3) is 0 Å². The number of nitro benzene ring substituents is 1. The second-order valence-corrected chi connectivity index (χ2v) is 7.35. The van der Waals surface area contributed by atoms with Crippen LogP contribution in [0, 0.1) is 16.0 Å². The molecule has 1 aliphatic heterocycles. The van der Waals surface area contributed by atoms with Crippen LogP contribution in [0.5, 0.6) is 0 Å². The van der Waals surface area contributed by atoms with Gasteiger partial charge in [-0.15, -0.1) is 0 Å². The highest BCUT2D eigenvalue weighted by molar-refractivity contribution is 7.91. The molecule has 1 aromatic carbocycles. The molecule has 1 atom stereocenters. The zero-order valence-electron chi connectivity index (χ0n) is 11.6. The van der Waals surface area contributed by atoms with E-state index in [-0.39, 0.29) is 35.4 Å². The Bertz CT molecular complexity index is 714. The average molecular weight is 325 g/mol. The molecule has 9 heteroatoms. The molecule has 0 aromatic heterocycles. The molecule has 0 bridgehead atoms. The average Bonchev–Trinajstić information content (AvgIpc) is 2.78. The van der Waals surface area contributed by atoms with E-state index in [0.717, 1.165) is 0 Å². The largest absolute Gasteiger partial charge is 0.273 e. The molecule has 0 aliphatic carbocycles. The normalized spacial score (nSPS) is 20.1. The maximum absolute atomic E-state index is 11.6. The third-order valence-corrected chi connectivity index (χ3v) is 5.12. The van der Waals surface area contributed by atoms with Gasteiger partial charge in [0.2, 0.25) is 5.91 Å². The van der Waals surface area contributed by atoms with Gasteiger partial charge in [0.1, 0.15) is 0 Å². The SMILES string of the molecule is O=C(CC1CCS(=O)(=O)C1)NN=Cc1cccc([N+](=O)[O-])c1. The Kier molecular flexibility index (Phi) is 4.86. The van der Waals surface area contributed by atoms with Gasteiger partial charge in [-0.05, 0) is 12.3 Å². The number of sulfone groups is 1. The van der Waals surface area contributed by atoms with E-state index in [4.69, 9.17) is 0 Å². The third kappa shape index (κ3) is 4.62. The molecule has 1 heterocycles. The molecule has 0 spiro atoms. The summed E-state index contributed by atoms with van der Waals surface area (Å²) in [5, 5.41) is 14.3. The number of hydrogen-bond donors (Lipinski definition) is 1. The van der Waals surface area contributed by atoms with E-state index < -0.39 is 14.8 Å². The zero-order valence-corrected chi connectivity index (χ0v) is 12.5. The lowest BCUT2D eigenvalue weighted by atomic mass is 10.1. The number of carbonyl (C=O) groups excluding carboxylic acids is 1. The van der Waals surface area contributed by atoms with Gasteiger partial charge < -0.3 is 0 Å². The summed E-state index contributed by atoms with van der Waals surface area (Å²) < 4.78 is 22.6. The van der Waals surface area contributed by atoms with Crippen LogP contribution in [0.1, 0.15) is 18.4 Å². The summed E-state index contributed by atoms with van der Waals surface area (Å²) in [5.74, 6) is -0.376. The second kappa shape index (κ2) is 6.65. The lowest BCUT2D eigenvalue weighted by Crippen LogP contribution is -2.21. The zero-order chi connectivity index (χ0) is 16.2. The second-order valence-electron chi connectivity index (χ2n) is 5.12. The maximum Gasteiger partial charge on any atom is 0.270 e. The van der Waals surface area contributed by atoms with Crippen molar-refractivity contribution in [1.29, 1.82) is 0 Å². The monoisotopic (exact) mass is 325 g/mol. The van der Waals surface area contributed by atoms with E-state index in [1.165, 1.54) is 24.4 Å². The van der Waals surface area contributed by atoms with Gasteiger partial charge in [0, 0.05) is 24.1 Å². The summed E-state index contributed by atoms with van der Waals surface area (Å²) in [6, 6.07) is 5.83. The molecule has 0 saturated carbocycles. The van der Waals surface area contributed by atoms with Crippen molar-refractivity contribution in [3.8, 4) is 0 Å². The van der Waals surface area contributed by atoms with Gasteiger partial charge in [0.15, 0.2) is 9.84 Å². The Morgan fingerprint density at radius 2 is 2.27 bits per heavy atom. The van der Waals surface area contributed by atoms with Gasteiger partial charge in [0.25, 0.3) is 5.69 Å². The van der Waals surface area contributed by atoms with Crippen LogP contribution >= 0.6 is 0 Å². The molecule has 1 N–H and O–H groups in total. The smallest absolute Gasteiger partial charge is 0.270 e. The number of rotatable bonds is 5. The number of nitro groups is 1. The van der Waals surface area contributed by atoms with E-state index in [2.05, 4.69) is 10.5 Å². The number of non-ortho nitro benzene ring substituents is 1. The highest BCUT2D eigenvalue weighted by Gasteiger charge is 2.29. The van der Waals surface area contributed by atoms with Crippen molar-refractivity contribution in [2.45, 2.75) is 12.8 Å². The molecular weight excluding hydrogens is 310 g/mol. The maximum atomic E-state index is 11.6. The first-order chi connectivity index (χ1) is 10.4. The number of carbonyl (C=O) groups is 1. The first kappa shape index (κ1) is 16.1. The minimum atomic E-state index is -3.00. The molecule has 118 valence electrons. The van der Waals surface area contributed by atoms with Crippen LogP contribution in [0.2, 0.25) is 0 Å². The summed E-state index contributed by atoms with van der Waals surface area (Å²) >= 11 is 0. The van der Waals surface area contributed by atoms with Crippen LogP contribution in [0.3, 0.4) is 0 Å². The van der Waals surface area contributed by atoms with Gasteiger partial charge >= 0.3 is 0 Å². The number of amides is 1. The van der Waals surface area contributed by atoms with E-state index in [1.807, 2.05) is 0 Å². The van der Waals surface area contributed by atoms with Gasteiger partial charge in [-0.1, -0.05) is 12.1 Å². The molecule has 1 aliphatic rings. The number of hydrogen-bond acceptors (Lipinski definition) is 6. The Balaban J connectivity index is 1.86. The van der Waals surface area contributed by atoms with E-state index in [9.17, 15) is 23.3 Å². The Morgan fingerprint density at radius 1 is 1.50 bits per heavy atom. The molecule has 2 rings (SSSR count). The first-order valence-corrected chi connectivity index (χ1v) is 8.45. The lowest BCUT2D eigenvalue weighted by molar-refractivity contribution is -0.384. The van der Waals surface area contributed by atoms with Crippen molar-refractivity contribution in [2.75, 3.05) is 11.5 Å². The van der Waals surface area contributed by atoms with Crippen LogP contribution < -0.4 is 5.43 Å². The Morgan fingerprint density at radius 3 is 2.91 bits per heavy atom. The molecule has 22 heavy (non-hydrogen) atoms. The number of hydrazone groups is 1.